The molecule has 1 aliphatic carbocycles. The van der Waals surface area contributed by atoms with E-state index in [1.54, 1.807) is 11.0 Å². The van der Waals surface area contributed by atoms with Crippen molar-refractivity contribution < 1.29 is 13.9 Å². The topological polar surface area (TPSA) is 108 Å². The molecule has 0 saturated heterocycles. The van der Waals surface area contributed by atoms with Crippen LogP contribution in [-0.2, 0) is 11.3 Å². The largest absolute Gasteiger partial charge is 0.491 e. The van der Waals surface area contributed by atoms with Crippen LogP contribution >= 0.6 is 0 Å². The second kappa shape index (κ2) is 10.7. The Balaban J connectivity index is 1.59. The monoisotopic (exact) mass is 494 g/mol. The minimum atomic E-state index is -0.615. The Morgan fingerprint density at radius 3 is 2.61 bits per heavy atom. The molecule has 3 unspecified atom stereocenters. The fraction of sp³-hybridized carbons (Fsp3) is 0.481. The number of nitrogens with two attached hydrogens (primary N) is 1. The van der Waals surface area contributed by atoms with Crippen LogP contribution in [0.5, 0.6) is 5.75 Å². The third-order valence-corrected chi connectivity index (χ3v) is 7.06. The van der Waals surface area contributed by atoms with Crippen molar-refractivity contribution in [2.75, 3.05) is 0 Å². The number of tetrazole rings is 1. The number of carbonyl (C=O) groups excluding carboxylic acids is 1. The fourth-order valence-corrected chi connectivity index (χ4v) is 5.22. The smallest absolute Gasteiger partial charge is 0.223 e. The molecular weight excluding hydrogens is 459 g/mol. The molecule has 0 spiro atoms. The van der Waals surface area contributed by atoms with Crippen LogP contribution in [0.4, 0.5) is 4.39 Å². The SMILES string of the molecule is CC(C)Oc1ccc(-n2cnnn2)cc1CNC1CCC(CC(C)(C)C(N)=O)C1c1ccc(F)cc1. The summed E-state index contributed by atoms with van der Waals surface area (Å²) < 4.78 is 21.4. The van der Waals surface area contributed by atoms with Gasteiger partial charge >= 0.3 is 0 Å². The van der Waals surface area contributed by atoms with Crippen molar-refractivity contribution in [3.8, 4) is 11.4 Å². The van der Waals surface area contributed by atoms with E-state index in [4.69, 9.17) is 10.5 Å². The summed E-state index contributed by atoms with van der Waals surface area (Å²) in [6, 6.07) is 12.8. The van der Waals surface area contributed by atoms with Crippen molar-refractivity contribution in [2.24, 2.45) is 17.1 Å². The molecule has 9 heteroatoms. The molecule has 0 radical (unpaired) electrons. The van der Waals surface area contributed by atoms with Gasteiger partial charge in [0.15, 0.2) is 0 Å². The molecule has 2 aromatic carbocycles. The zero-order valence-electron chi connectivity index (χ0n) is 21.3. The number of primary amides is 1. The lowest BCUT2D eigenvalue weighted by atomic mass is 9.75. The highest BCUT2D eigenvalue weighted by atomic mass is 19.1. The van der Waals surface area contributed by atoms with Crippen LogP contribution in [0.2, 0.25) is 0 Å². The summed E-state index contributed by atoms with van der Waals surface area (Å²) in [5.41, 5.74) is 7.99. The second-order valence-electron chi connectivity index (χ2n) is 10.6. The van der Waals surface area contributed by atoms with Gasteiger partial charge < -0.3 is 15.8 Å². The summed E-state index contributed by atoms with van der Waals surface area (Å²) >= 11 is 0. The van der Waals surface area contributed by atoms with Gasteiger partial charge in [-0.05, 0) is 85.3 Å². The molecule has 1 aliphatic rings. The fourth-order valence-electron chi connectivity index (χ4n) is 5.22. The number of amides is 1. The van der Waals surface area contributed by atoms with Gasteiger partial charge in [0.25, 0.3) is 0 Å². The van der Waals surface area contributed by atoms with E-state index in [1.807, 2.05) is 58.0 Å². The van der Waals surface area contributed by atoms with Crippen molar-refractivity contribution in [3.05, 3.63) is 65.7 Å². The predicted molar refractivity (Wildman–Crippen MR) is 135 cm³/mol. The normalized spacial score (nSPS) is 20.1. The lowest BCUT2D eigenvalue weighted by Crippen LogP contribution is -2.36. The molecule has 192 valence electrons. The van der Waals surface area contributed by atoms with Gasteiger partial charge in [0.1, 0.15) is 17.9 Å². The van der Waals surface area contributed by atoms with E-state index < -0.39 is 5.41 Å². The van der Waals surface area contributed by atoms with E-state index in [2.05, 4.69) is 20.8 Å². The van der Waals surface area contributed by atoms with Crippen LogP contribution < -0.4 is 15.8 Å². The van der Waals surface area contributed by atoms with E-state index in [0.717, 1.165) is 35.4 Å². The Bertz CT molecular complexity index is 1160. The number of nitrogens with one attached hydrogen (secondary N) is 1. The quantitative estimate of drug-likeness (QED) is 0.439. The van der Waals surface area contributed by atoms with Crippen molar-refractivity contribution in [1.82, 2.24) is 25.5 Å². The average molecular weight is 495 g/mol. The van der Waals surface area contributed by atoms with Crippen LogP contribution in [0, 0.1) is 17.2 Å². The number of aromatic nitrogens is 4. The molecule has 0 aliphatic heterocycles. The summed E-state index contributed by atoms with van der Waals surface area (Å²) in [6.45, 7) is 8.38. The Labute approximate surface area is 211 Å². The maximum atomic E-state index is 13.7. The van der Waals surface area contributed by atoms with Gasteiger partial charge in [0.2, 0.25) is 5.91 Å². The van der Waals surface area contributed by atoms with Crippen LogP contribution in [-0.4, -0.2) is 38.3 Å². The van der Waals surface area contributed by atoms with E-state index in [1.165, 1.54) is 12.1 Å². The Morgan fingerprint density at radius 2 is 1.97 bits per heavy atom. The lowest BCUT2D eigenvalue weighted by Gasteiger charge is -2.31. The van der Waals surface area contributed by atoms with E-state index in [0.29, 0.717) is 13.0 Å². The van der Waals surface area contributed by atoms with Gasteiger partial charge in [-0.3, -0.25) is 4.79 Å². The summed E-state index contributed by atoms with van der Waals surface area (Å²) in [5, 5.41) is 15.2. The van der Waals surface area contributed by atoms with Crippen LogP contribution in [0.25, 0.3) is 5.69 Å². The first kappa shape index (κ1) is 25.8. The first-order valence-electron chi connectivity index (χ1n) is 12.5. The molecule has 1 aromatic heterocycles. The van der Waals surface area contributed by atoms with Gasteiger partial charge in [-0.1, -0.05) is 26.0 Å². The molecule has 3 atom stereocenters. The van der Waals surface area contributed by atoms with Crippen molar-refractivity contribution >= 4 is 5.91 Å². The molecule has 4 rings (SSSR count). The highest BCUT2D eigenvalue weighted by Gasteiger charge is 2.41. The highest BCUT2D eigenvalue weighted by molar-refractivity contribution is 5.79. The summed E-state index contributed by atoms with van der Waals surface area (Å²) in [5.74, 6) is 0.615. The number of benzene rings is 2. The van der Waals surface area contributed by atoms with Gasteiger partial charge in [0.05, 0.1) is 11.8 Å². The van der Waals surface area contributed by atoms with E-state index >= 15 is 0 Å². The first-order chi connectivity index (χ1) is 17.1. The molecule has 0 bridgehead atoms. The van der Waals surface area contributed by atoms with Crippen molar-refractivity contribution in [1.29, 1.82) is 0 Å². The molecule has 1 saturated carbocycles. The number of nitrogens with zero attached hydrogens (tertiary/aromatic N) is 4. The standard InChI is InChI=1S/C27H35FN6O2/c1-17(2)36-24-12-10-22(34-16-31-32-33-34)13-20(24)15-30-23-11-7-19(14-27(3,4)26(29)35)25(23)18-5-8-21(28)9-6-18/h5-6,8-10,12-13,16-17,19,23,25,30H,7,11,14-15H2,1-4H3,(H2,29,35). The van der Waals surface area contributed by atoms with Gasteiger partial charge in [0, 0.05) is 29.5 Å². The lowest BCUT2D eigenvalue weighted by molar-refractivity contribution is -0.126. The van der Waals surface area contributed by atoms with Gasteiger partial charge in [-0.15, -0.1) is 5.10 Å². The maximum absolute atomic E-state index is 13.7. The highest BCUT2D eigenvalue weighted by Crippen LogP contribution is 2.45. The maximum Gasteiger partial charge on any atom is 0.223 e. The molecule has 8 nitrogen and oxygen atoms in total. The van der Waals surface area contributed by atoms with E-state index in [-0.39, 0.29) is 35.7 Å². The van der Waals surface area contributed by atoms with Crippen molar-refractivity contribution in [3.63, 3.8) is 0 Å². The molecule has 1 amide bonds. The second-order valence-corrected chi connectivity index (χ2v) is 10.6. The molecule has 3 aromatic rings. The van der Waals surface area contributed by atoms with Gasteiger partial charge in [-0.2, -0.15) is 0 Å². The number of hydrogen-bond acceptors (Lipinski definition) is 6. The summed E-state index contributed by atoms with van der Waals surface area (Å²) in [4.78, 5) is 12.1. The minimum absolute atomic E-state index is 0.0292. The number of ether oxygens (including phenoxy) is 1. The summed E-state index contributed by atoms with van der Waals surface area (Å²) in [7, 11) is 0. The predicted octanol–water partition coefficient (Wildman–Crippen LogP) is 4.14. The van der Waals surface area contributed by atoms with Crippen LogP contribution in [0.1, 0.15) is 64.0 Å². The third kappa shape index (κ3) is 5.90. The van der Waals surface area contributed by atoms with E-state index in [9.17, 15) is 9.18 Å². The molecule has 36 heavy (non-hydrogen) atoms. The third-order valence-electron chi connectivity index (χ3n) is 7.06. The zero-order valence-corrected chi connectivity index (χ0v) is 21.3. The van der Waals surface area contributed by atoms with Crippen molar-refractivity contribution in [2.45, 2.75) is 71.6 Å². The van der Waals surface area contributed by atoms with Crippen LogP contribution in [0.3, 0.4) is 0 Å². The number of carbonyl (C=O) groups is 1. The molecule has 1 heterocycles. The molecule has 1 fully saturated rings. The van der Waals surface area contributed by atoms with Gasteiger partial charge in [-0.25, -0.2) is 9.07 Å². The van der Waals surface area contributed by atoms with Crippen LogP contribution in [0.15, 0.2) is 48.8 Å². The Kier molecular flexibility index (Phi) is 7.68. The number of halogens is 1. The number of hydrogen-bond donors (Lipinski definition) is 2. The average Bonchev–Trinajstić information content (AvgIpc) is 3.49. The first-order valence-corrected chi connectivity index (χ1v) is 12.5. The Hall–Kier alpha value is -3.33. The number of rotatable bonds is 10. The zero-order chi connectivity index (χ0) is 25.9. The Morgan fingerprint density at radius 1 is 1.22 bits per heavy atom. The molecular formula is C27H35FN6O2. The summed E-state index contributed by atoms with van der Waals surface area (Å²) in [6.07, 6.45) is 4.16. The molecule has 3 N–H and O–H groups in total. The minimum Gasteiger partial charge on any atom is -0.491 e.